The molecule has 64 valence electrons. The molecule has 0 saturated carbocycles. The number of hydrogen-bond donors (Lipinski definition) is 0. The van der Waals surface area contributed by atoms with E-state index in [1.807, 2.05) is 6.07 Å². The molecule has 0 aliphatic rings. The van der Waals surface area contributed by atoms with Crippen molar-refractivity contribution >= 4 is 41.1 Å². The second-order valence-corrected chi connectivity index (χ2v) is 7.15. The monoisotopic (exact) mass is 303 g/mol. The Balaban J connectivity index is 2.34. The number of hydrogen-bond acceptors (Lipinski definition) is 2. The van der Waals surface area contributed by atoms with E-state index in [0.29, 0.717) is 0 Å². The Kier molecular flexibility index (Phi) is 2.96. The normalized spacial score (nSPS) is 10.1. The summed E-state index contributed by atoms with van der Waals surface area (Å²) in [6.45, 7) is 0. The fourth-order valence-corrected chi connectivity index (χ4v) is 5.05. The van der Waals surface area contributed by atoms with Gasteiger partial charge in [0.2, 0.25) is 0 Å². The van der Waals surface area contributed by atoms with Crippen molar-refractivity contribution < 1.29 is 0 Å². The third kappa shape index (κ3) is 2.09. The van der Waals surface area contributed by atoms with Crippen LogP contribution in [0.15, 0.2) is 27.3 Å². The number of rotatable bonds is 2. The third-order valence-electron chi connectivity index (χ3n) is 1.55. The predicted octanol–water partition coefficient (Wildman–Crippen LogP) is 2.02. The number of aromatic nitrogens is 1. The first kappa shape index (κ1) is 9.16. The fourth-order valence-electron chi connectivity index (χ4n) is 1.02. The van der Waals surface area contributed by atoms with E-state index < -0.39 is 0 Å². The van der Waals surface area contributed by atoms with E-state index >= 15 is 0 Å². The van der Waals surface area contributed by atoms with Crippen LogP contribution >= 0.6 is 11.8 Å². The Bertz CT molecular complexity index is 422. The number of fused-ring (bicyclic) bond motifs is 1. The quantitative estimate of drug-likeness (QED) is 0.478. The van der Waals surface area contributed by atoms with Crippen LogP contribution in [0.25, 0.3) is 8.92 Å². The molecule has 0 unspecified atom stereocenters. The maximum atomic E-state index is 5.20. The zero-order valence-corrected chi connectivity index (χ0v) is 10.0. The van der Waals surface area contributed by atoms with E-state index in [4.69, 9.17) is 6.42 Å². The Morgan fingerprint density at radius 2 is 2.31 bits per heavy atom. The molecule has 1 aromatic carbocycles. The summed E-state index contributed by atoms with van der Waals surface area (Å²) in [6.07, 6.45) is 5.20. The first-order valence-corrected chi connectivity index (χ1v) is 7.13. The average molecular weight is 301 g/mol. The molecule has 0 aliphatic heterocycles. The third-order valence-corrected chi connectivity index (χ3v) is 6.14. The van der Waals surface area contributed by atoms with Gasteiger partial charge >= 0.3 is 91.5 Å². The molecular weight excluding hydrogens is 294 g/mol. The van der Waals surface area contributed by atoms with Crippen LogP contribution in [0, 0.1) is 12.3 Å². The molecule has 13 heavy (non-hydrogen) atoms. The molecule has 0 bridgehead atoms. The van der Waals surface area contributed by atoms with Crippen molar-refractivity contribution in [3.8, 4) is 12.3 Å². The summed E-state index contributed by atoms with van der Waals surface area (Å²) in [7, 11) is 0. The molecule has 0 radical (unpaired) electrons. The molecule has 0 spiro atoms. The number of para-hydroxylation sites is 1. The van der Waals surface area contributed by atoms with E-state index in [1.165, 1.54) is 6.44 Å². The summed E-state index contributed by atoms with van der Waals surface area (Å²) in [5.41, 5.74) is 1.16. The topological polar surface area (TPSA) is 12.9 Å². The van der Waals surface area contributed by atoms with Gasteiger partial charge in [-0.2, -0.15) is 0 Å². The summed E-state index contributed by atoms with van der Waals surface area (Å²) in [4.78, 5) is 4.53. The van der Waals surface area contributed by atoms with Crippen molar-refractivity contribution in [2.75, 3.05) is 5.75 Å². The van der Waals surface area contributed by atoms with Crippen molar-refractivity contribution in [3.63, 3.8) is 0 Å². The number of terminal acetylenes is 1. The zero-order valence-electron chi connectivity index (χ0n) is 6.86. The van der Waals surface area contributed by atoms with Gasteiger partial charge in [-0.05, 0) is 0 Å². The van der Waals surface area contributed by atoms with Crippen LogP contribution in [-0.2, 0) is 0 Å². The van der Waals surface area contributed by atoms with E-state index in [1.54, 1.807) is 11.8 Å². The molecule has 3 heteroatoms. The van der Waals surface area contributed by atoms with Crippen LogP contribution < -0.4 is 0 Å². The molecule has 1 heterocycles. The molecular formula is C10H7NSTe. The summed E-state index contributed by atoms with van der Waals surface area (Å²) >= 11 is 1.49. The summed E-state index contributed by atoms with van der Waals surface area (Å²) in [5, 5.41) is 0. The van der Waals surface area contributed by atoms with Crippen molar-refractivity contribution in [1.82, 2.24) is 4.98 Å². The predicted molar refractivity (Wildman–Crippen MR) is 58.2 cm³/mol. The molecule has 0 fully saturated rings. The Hall–Kier alpha value is -0.410. The van der Waals surface area contributed by atoms with Crippen molar-refractivity contribution in [3.05, 3.63) is 24.3 Å². The molecule has 0 amide bonds. The van der Waals surface area contributed by atoms with Gasteiger partial charge in [-0.25, -0.2) is 0 Å². The Morgan fingerprint density at radius 1 is 1.46 bits per heavy atom. The molecule has 0 N–H and O–H groups in total. The van der Waals surface area contributed by atoms with Crippen LogP contribution in [0.2, 0.25) is 0 Å². The van der Waals surface area contributed by atoms with Gasteiger partial charge in [-0.15, -0.1) is 0 Å². The van der Waals surface area contributed by atoms with E-state index in [-0.39, 0.29) is 20.4 Å². The van der Waals surface area contributed by atoms with E-state index in [2.05, 4.69) is 29.1 Å². The average Bonchev–Trinajstić information content (AvgIpc) is 2.57. The van der Waals surface area contributed by atoms with Gasteiger partial charge in [0.15, 0.2) is 0 Å². The number of nitrogens with zero attached hydrogens (tertiary/aromatic N) is 1. The van der Waals surface area contributed by atoms with Crippen molar-refractivity contribution in [2.24, 2.45) is 0 Å². The van der Waals surface area contributed by atoms with Gasteiger partial charge in [0.25, 0.3) is 0 Å². The van der Waals surface area contributed by atoms with E-state index in [9.17, 15) is 0 Å². The van der Waals surface area contributed by atoms with Gasteiger partial charge < -0.3 is 0 Å². The first-order chi connectivity index (χ1) is 6.40. The SMILES string of the molecule is C#CCSc1nc2ccccc2[te]1. The van der Waals surface area contributed by atoms with Gasteiger partial charge in [0.05, 0.1) is 0 Å². The van der Waals surface area contributed by atoms with Gasteiger partial charge in [0.1, 0.15) is 0 Å². The minimum absolute atomic E-state index is 0.218. The molecule has 0 saturated heterocycles. The van der Waals surface area contributed by atoms with Crippen LogP contribution in [-0.4, -0.2) is 31.2 Å². The van der Waals surface area contributed by atoms with Gasteiger partial charge in [-0.3, -0.25) is 0 Å². The molecule has 2 rings (SSSR count). The molecule has 0 atom stereocenters. The molecule has 2 aromatic rings. The standard InChI is InChI=1S/C10H7NSTe/c1-2-7-12-10-11-8-5-3-4-6-9(8)13-10/h1,3-6H,7H2. The minimum atomic E-state index is -0.218. The number of thioether (sulfide) groups is 1. The second kappa shape index (κ2) is 4.20. The fraction of sp³-hybridized carbons (Fsp3) is 0.100. The Morgan fingerprint density at radius 3 is 3.08 bits per heavy atom. The molecule has 0 aliphatic carbocycles. The van der Waals surface area contributed by atoms with Crippen LogP contribution in [0.3, 0.4) is 0 Å². The van der Waals surface area contributed by atoms with Gasteiger partial charge in [0, 0.05) is 0 Å². The zero-order chi connectivity index (χ0) is 9.10. The van der Waals surface area contributed by atoms with Crippen LogP contribution in [0.5, 0.6) is 0 Å². The van der Waals surface area contributed by atoms with E-state index in [0.717, 1.165) is 11.3 Å². The first-order valence-electron chi connectivity index (χ1n) is 3.82. The van der Waals surface area contributed by atoms with Crippen molar-refractivity contribution in [1.29, 1.82) is 0 Å². The second-order valence-electron chi connectivity index (χ2n) is 2.44. The number of benzene rings is 1. The van der Waals surface area contributed by atoms with Crippen LogP contribution in [0.1, 0.15) is 0 Å². The molecule has 1 aromatic heterocycles. The van der Waals surface area contributed by atoms with Gasteiger partial charge in [-0.1, -0.05) is 0 Å². The summed E-state index contributed by atoms with van der Waals surface area (Å²) < 4.78 is 2.71. The summed E-state index contributed by atoms with van der Waals surface area (Å²) in [5.74, 6) is 3.37. The van der Waals surface area contributed by atoms with Crippen molar-refractivity contribution in [2.45, 2.75) is 3.04 Å². The summed E-state index contributed by atoms with van der Waals surface area (Å²) in [6, 6.07) is 8.35. The maximum absolute atomic E-state index is 5.20. The Labute approximate surface area is 91.2 Å². The molecule has 1 nitrogen and oxygen atoms in total. The van der Waals surface area contributed by atoms with Crippen LogP contribution in [0.4, 0.5) is 0 Å².